The Labute approximate surface area is 177 Å². The van der Waals surface area contributed by atoms with E-state index in [1.165, 1.54) is 0 Å². The van der Waals surface area contributed by atoms with Crippen LogP contribution in [0.5, 0.6) is 0 Å². The maximum absolute atomic E-state index is 12.0. The molecule has 2 heterocycles. The van der Waals surface area contributed by atoms with Gasteiger partial charge in [-0.3, -0.25) is 0 Å². The van der Waals surface area contributed by atoms with E-state index < -0.39 is 0 Å². The van der Waals surface area contributed by atoms with Crippen LogP contribution >= 0.6 is 0 Å². The second kappa shape index (κ2) is 9.48. The zero-order valence-corrected chi connectivity index (χ0v) is 17.2. The molecule has 0 radical (unpaired) electrons. The highest BCUT2D eigenvalue weighted by molar-refractivity contribution is 5.68. The van der Waals surface area contributed by atoms with E-state index in [1.54, 1.807) is 9.75 Å². The molecule has 30 heavy (non-hydrogen) atoms. The van der Waals surface area contributed by atoms with Crippen LogP contribution < -0.4 is 4.84 Å². The number of likely N-dealkylation sites (tertiary alicyclic amines) is 1. The summed E-state index contributed by atoms with van der Waals surface area (Å²) in [5.74, 6) is 0.319. The SMILES string of the molecule is CCOC(=O)N1CCC(c2cn(OCc3ccccc3)nc2-c2ccccc2)CC1. The van der Waals surface area contributed by atoms with Crippen molar-refractivity contribution in [3.8, 4) is 11.3 Å². The van der Waals surface area contributed by atoms with E-state index in [4.69, 9.17) is 14.7 Å². The van der Waals surface area contributed by atoms with Gasteiger partial charge in [0, 0.05) is 24.2 Å². The lowest BCUT2D eigenvalue weighted by Crippen LogP contribution is -2.38. The van der Waals surface area contributed by atoms with E-state index in [-0.39, 0.29) is 6.09 Å². The number of hydrogen-bond acceptors (Lipinski definition) is 4. The van der Waals surface area contributed by atoms with Gasteiger partial charge in [-0.2, -0.15) is 0 Å². The molecule has 0 unspecified atom stereocenters. The van der Waals surface area contributed by atoms with E-state index in [0.717, 1.165) is 35.2 Å². The molecular weight excluding hydrogens is 378 g/mol. The quantitative estimate of drug-likeness (QED) is 0.605. The van der Waals surface area contributed by atoms with Crippen LogP contribution in [0.25, 0.3) is 11.3 Å². The Morgan fingerprint density at radius 2 is 1.70 bits per heavy atom. The molecule has 0 N–H and O–H groups in total. The van der Waals surface area contributed by atoms with Gasteiger partial charge in [-0.05, 0) is 31.2 Å². The molecule has 0 atom stereocenters. The van der Waals surface area contributed by atoms with Gasteiger partial charge in [0.1, 0.15) is 6.61 Å². The van der Waals surface area contributed by atoms with E-state index >= 15 is 0 Å². The first-order valence-electron chi connectivity index (χ1n) is 10.5. The van der Waals surface area contributed by atoms with E-state index in [0.29, 0.717) is 32.2 Å². The van der Waals surface area contributed by atoms with Crippen LogP contribution in [0.15, 0.2) is 66.9 Å². The van der Waals surface area contributed by atoms with Gasteiger partial charge >= 0.3 is 6.09 Å². The van der Waals surface area contributed by atoms with E-state index in [9.17, 15) is 4.79 Å². The van der Waals surface area contributed by atoms with Crippen LogP contribution in [0.2, 0.25) is 0 Å². The van der Waals surface area contributed by atoms with Crippen molar-refractivity contribution in [1.82, 2.24) is 14.8 Å². The summed E-state index contributed by atoms with van der Waals surface area (Å²) in [5, 5.41) is 4.74. The third-order valence-corrected chi connectivity index (χ3v) is 5.44. The van der Waals surface area contributed by atoms with E-state index in [2.05, 4.69) is 12.1 Å². The number of benzene rings is 2. The number of carbonyl (C=O) groups is 1. The lowest BCUT2D eigenvalue weighted by Gasteiger charge is -2.31. The molecule has 6 nitrogen and oxygen atoms in total. The van der Waals surface area contributed by atoms with Gasteiger partial charge in [0.15, 0.2) is 0 Å². The zero-order chi connectivity index (χ0) is 20.8. The van der Waals surface area contributed by atoms with Crippen LogP contribution in [0.4, 0.5) is 4.79 Å². The van der Waals surface area contributed by atoms with Crippen LogP contribution in [0, 0.1) is 0 Å². The Hall–Kier alpha value is -3.28. The third-order valence-electron chi connectivity index (χ3n) is 5.44. The molecule has 1 aromatic heterocycles. The predicted octanol–water partition coefficient (Wildman–Crippen LogP) is 4.51. The lowest BCUT2D eigenvalue weighted by atomic mass is 9.88. The molecule has 1 fully saturated rings. The number of rotatable bonds is 6. The van der Waals surface area contributed by atoms with Gasteiger partial charge in [0.2, 0.25) is 0 Å². The van der Waals surface area contributed by atoms with Crippen molar-refractivity contribution in [2.45, 2.75) is 32.3 Å². The summed E-state index contributed by atoms with van der Waals surface area (Å²) in [4.78, 5) is 21.3. The van der Waals surface area contributed by atoms with Gasteiger partial charge < -0.3 is 14.5 Å². The maximum atomic E-state index is 12.0. The molecule has 3 aromatic rings. The second-order valence-corrected chi connectivity index (χ2v) is 7.42. The Balaban J connectivity index is 1.52. The van der Waals surface area contributed by atoms with Crippen LogP contribution in [-0.4, -0.2) is 40.6 Å². The topological polar surface area (TPSA) is 56.6 Å². The molecule has 0 aliphatic carbocycles. The molecule has 1 amide bonds. The number of ether oxygens (including phenoxy) is 1. The summed E-state index contributed by atoms with van der Waals surface area (Å²) in [5.41, 5.74) is 4.27. The fraction of sp³-hybridized carbons (Fsp3) is 0.333. The fourth-order valence-electron chi connectivity index (χ4n) is 3.85. The van der Waals surface area contributed by atoms with Gasteiger partial charge in [0.05, 0.1) is 18.5 Å². The monoisotopic (exact) mass is 405 g/mol. The highest BCUT2D eigenvalue weighted by Crippen LogP contribution is 2.34. The first kappa shape index (κ1) is 20.0. The van der Waals surface area contributed by atoms with Crippen LogP contribution in [-0.2, 0) is 11.3 Å². The zero-order valence-electron chi connectivity index (χ0n) is 17.2. The summed E-state index contributed by atoms with van der Waals surface area (Å²) in [6, 6.07) is 20.2. The summed E-state index contributed by atoms with van der Waals surface area (Å²) in [6.45, 7) is 4.07. The normalized spacial score (nSPS) is 14.5. The molecule has 1 aliphatic rings. The van der Waals surface area contributed by atoms with Gasteiger partial charge in [-0.15, -0.1) is 9.94 Å². The Morgan fingerprint density at radius 3 is 2.37 bits per heavy atom. The average Bonchev–Trinajstić information content (AvgIpc) is 3.24. The van der Waals surface area contributed by atoms with Crippen LogP contribution in [0.3, 0.4) is 0 Å². The highest BCUT2D eigenvalue weighted by atomic mass is 16.7. The number of amides is 1. The molecule has 0 saturated carbocycles. The van der Waals surface area contributed by atoms with Crippen LogP contribution in [0.1, 0.15) is 36.8 Å². The predicted molar refractivity (Wildman–Crippen MR) is 115 cm³/mol. The van der Waals surface area contributed by atoms with Crippen molar-refractivity contribution in [3.05, 3.63) is 78.0 Å². The number of nitrogens with zero attached hydrogens (tertiary/aromatic N) is 3. The number of piperidine rings is 1. The maximum Gasteiger partial charge on any atom is 0.409 e. The molecule has 1 saturated heterocycles. The summed E-state index contributed by atoms with van der Waals surface area (Å²) < 4.78 is 5.14. The van der Waals surface area contributed by atoms with Crippen molar-refractivity contribution in [3.63, 3.8) is 0 Å². The van der Waals surface area contributed by atoms with E-state index in [1.807, 2.05) is 61.7 Å². The standard InChI is InChI=1S/C24H27N3O3/c1-2-29-24(28)26-15-13-20(14-16-26)22-17-27(30-18-19-9-5-3-6-10-19)25-23(22)21-11-7-4-8-12-21/h3-12,17,20H,2,13-16,18H2,1H3. The minimum atomic E-state index is -0.221. The number of hydrogen-bond donors (Lipinski definition) is 0. The van der Waals surface area contributed by atoms with Gasteiger partial charge in [-0.25, -0.2) is 4.79 Å². The molecule has 0 bridgehead atoms. The minimum Gasteiger partial charge on any atom is -0.450 e. The van der Waals surface area contributed by atoms with Crippen molar-refractivity contribution >= 4 is 6.09 Å². The Kier molecular flexibility index (Phi) is 6.32. The molecule has 156 valence electrons. The smallest absolute Gasteiger partial charge is 0.409 e. The van der Waals surface area contributed by atoms with Gasteiger partial charge in [0.25, 0.3) is 0 Å². The van der Waals surface area contributed by atoms with Gasteiger partial charge in [-0.1, -0.05) is 60.7 Å². The summed E-state index contributed by atoms with van der Waals surface area (Å²) >= 11 is 0. The number of aromatic nitrogens is 2. The first-order chi connectivity index (χ1) is 14.7. The fourth-order valence-corrected chi connectivity index (χ4v) is 3.85. The molecule has 0 spiro atoms. The number of carbonyl (C=O) groups excluding carboxylic acids is 1. The van der Waals surface area contributed by atoms with Crippen molar-refractivity contribution in [2.24, 2.45) is 0 Å². The third kappa shape index (κ3) is 4.64. The Morgan fingerprint density at radius 1 is 1.03 bits per heavy atom. The molecule has 6 heteroatoms. The second-order valence-electron chi connectivity index (χ2n) is 7.42. The largest absolute Gasteiger partial charge is 0.450 e. The first-order valence-corrected chi connectivity index (χ1v) is 10.5. The van der Waals surface area contributed by atoms with Crippen molar-refractivity contribution < 1.29 is 14.4 Å². The molecule has 1 aliphatic heterocycles. The van der Waals surface area contributed by atoms with Crippen molar-refractivity contribution in [2.75, 3.05) is 19.7 Å². The molecular formula is C24H27N3O3. The highest BCUT2D eigenvalue weighted by Gasteiger charge is 2.28. The molecule has 2 aromatic carbocycles. The molecule has 4 rings (SSSR count). The average molecular weight is 405 g/mol. The van der Waals surface area contributed by atoms with Crippen molar-refractivity contribution in [1.29, 1.82) is 0 Å². The summed E-state index contributed by atoms with van der Waals surface area (Å²) in [7, 11) is 0. The minimum absolute atomic E-state index is 0.221. The lowest BCUT2D eigenvalue weighted by molar-refractivity contribution is 0.0700. The summed E-state index contributed by atoms with van der Waals surface area (Å²) in [6.07, 6.45) is 3.53. The Bertz CT molecular complexity index is 948.